The van der Waals surface area contributed by atoms with Crippen LogP contribution in [-0.2, 0) is 0 Å². The number of hydrogen-bond donors (Lipinski definition) is 1. The summed E-state index contributed by atoms with van der Waals surface area (Å²) < 4.78 is 25.0. The molecule has 0 unspecified atom stereocenters. The number of ether oxygens (including phenoxy) is 2. The number of aromatic nitrogens is 1. The lowest BCUT2D eigenvalue weighted by atomic mass is 10.1. The lowest BCUT2D eigenvalue weighted by molar-refractivity contribution is 0.0354. The third kappa shape index (κ3) is 5.21. The summed E-state index contributed by atoms with van der Waals surface area (Å²) in [5.74, 6) is -0.805. The zero-order chi connectivity index (χ0) is 23.3. The Morgan fingerprint density at radius 1 is 0.938 bits per heavy atom. The maximum absolute atomic E-state index is 14.1. The minimum absolute atomic E-state index is 0.0667. The van der Waals surface area contributed by atoms with Crippen molar-refractivity contribution in [3.8, 4) is 17.4 Å². The van der Waals surface area contributed by atoms with E-state index < -0.39 is 23.2 Å². The number of rotatable bonds is 5. The molecule has 2 amide bonds. The molecule has 3 rings (SSSR count). The van der Waals surface area contributed by atoms with Crippen LogP contribution in [0, 0.1) is 5.82 Å². The summed E-state index contributed by atoms with van der Waals surface area (Å²) in [6.07, 6.45) is 1.50. The van der Waals surface area contributed by atoms with E-state index >= 15 is 0 Å². The topological polar surface area (TPSA) is 80.8 Å². The van der Waals surface area contributed by atoms with Crippen molar-refractivity contribution < 1.29 is 23.5 Å². The van der Waals surface area contributed by atoms with Crippen molar-refractivity contribution in [1.29, 1.82) is 0 Å². The second-order valence-electron chi connectivity index (χ2n) is 7.87. The Kier molecular flexibility index (Phi) is 6.73. The van der Waals surface area contributed by atoms with Crippen molar-refractivity contribution in [2.45, 2.75) is 26.3 Å². The average molecular weight is 437 g/mol. The van der Waals surface area contributed by atoms with Crippen LogP contribution >= 0.6 is 0 Å². The first-order chi connectivity index (χ1) is 15.2. The Morgan fingerprint density at radius 3 is 2.19 bits per heavy atom. The Morgan fingerprint density at radius 2 is 1.56 bits per heavy atom. The summed E-state index contributed by atoms with van der Waals surface area (Å²) in [6.45, 7) is 5.23. The standard InChI is InChI=1S/C24H24FN3O4/c1-24(2,3)28(27-21(29)18-8-5-6-10-20(18)25)23(30)19-9-7-15-26-22(19)32-17-13-11-16(31-4)12-14-17/h5-15H,1-4H3,(H,27,29). The molecule has 0 bridgehead atoms. The van der Waals surface area contributed by atoms with Crippen molar-refractivity contribution in [1.82, 2.24) is 15.4 Å². The molecule has 0 aliphatic rings. The van der Waals surface area contributed by atoms with Gasteiger partial charge in [-0.3, -0.25) is 15.0 Å². The van der Waals surface area contributed by atoms with Crippen LogP contribution in [0.15, 0.2) is 66.9 Å². The largest absolute Gasteiger partial charge is 0.497 e. The summed E-state index contributed by atoms with van der Waals surface area (Å²) in [7, 11) is 1.56. The van der Waals surface area contributed by atoms with Crippen molar-refractivity contribution in [3.05, 3.63) is 83.8 Å². The molecule has 3 aromatic rings. The predicted octanol–water partition coefficient (Wildman–Crippen LogP) is 4.61. The monoisotopic (exact) mass is 437 g/mol. The van der Waals surface area contributed by atoms with Crippen LogP contribution in [0.25, 0.3) is 0 Å². The van der Waals surface area contributed by atoms with E-state index in [4.69, 9.17) is 9.47 Å². The number of halogens is 1. The molecule has 166 valence electrons. The summed E-state index contributed by atoms with van der Waals surface area (Å²) in [5.41, 5.74) is 1.66. The molecular formula is C24H24FN3O4. The highest BCUT2D eigenvalue weighted by Gasteiger charge is 2.32. The molecule has 0 atom stereocenters. The smallest absolute Gasteiger partial charge is 0.278 e. The van der Waals surface area contributed by atoms with Gasteiger partial charge in [0.1, 0.15) is 22.9 Å². The van der Waals surface area contributed by atoms with E-state index in [-0.39, 0.29) is 17.0 Å². The van der Waals surface area contributed by atoms with Crippen LogP contribution in [0.4, 0.5) is 4.39 Å². The highest BCUT2D eigenvalue weighted by molar-refractivity contribution is 6.00. The first-order valence-electron chi connectivity index (χ1n) is 9.87. The molecular weight excluding hydrogens is 413 g/mol. The SMILES string of the molecule is COc1ccc(Oc2ncccc2C(=O)N(NC(=O)c2ccccc2F)C(C)(C)C)cc1. The lowest BCUT2D eigenvalue weighted by Gasteiger charge is -2.35. The number of amides is 2. The summed E-state index contributed by atoms with van der Waals surface area (Å²) in [4.78, 5) is 30.3. The number of nitrogens with one attached hydrogen (secondary N) is 1. The molecule has 2 aromatic carbocycles. The fraction of sp³-hybridized carbons (Fsp3) is 0.208. The first kappa shape index (κ1) is 22.7. The van der Waals surface area contributed by atoms with E-state index in [0.29, 0.717) is 11.5 Å². The maximum Gasteiger partial charge on any atom is 0.278 e. The van der Waals surface area contributed by atoms with Gasteiger partial charge < -0.3 is 9.47 Å². The van der Waals surface area contributed by atoms with E-state index in [1.54, 1.807) is 70.3 Å². The number of carbonyl (C=O) groups is 2. The quantitative estimate of drug-likeness (QED) is 0.590. The van der Waals surface area contributed by atoms with Crippen LogP contribution in [0.3, 0.4) is 0 Å². The molecule has 0 spiro atoms. The maximum atomic E-state index is 14.1. The molecule has 32 heavy (non-hydrogen) atoms. The van der Waals surface area contributed by atoms with Gasteiger partial charge in [0.25, 0.3) is 11.8 Å². The summed E-state index contributed by atoms with van der Waals surface area (Å²) >= 11 is 0. The highest BCUT2D eigenvalue weighted by atomic mass is 19.1. The minimum Gasteiger partial charge on any atom is -0.497 e. The number of hydrogen-bond acceptors (Lipinski definition) is 5. The van der Waals surface area contributed by atoms with E-state index in [1.807, 2.05) is 0 Å². The molecule has 0 aliphatic carbocycles. The number of pyridine rings is 1. The molecule has 0 saturated carbocycles. The zero-order valence-electron chi connectivity index (χ0n) is 18.3. The van der Waals surface area contributed by atoms with Gasteiger partial charge in [-0.25, -0.2) is 14.4 Å². The first-order valence-corrected chi connectivity index (χ1v) is 9.87. The van der Waals surface area contributed by atoms with Crippen LogP contribution in [-0.4, -0.2) is 34.5 Å². The summed E-state index contributed by atoms with van der Waals surface area (Å²) in [6, 6.07) is 15.5. The van der Waals surface area contributed by atoms with E-state index in [2.05, 4.69) is 10.4 Å². The van der Waals surface area contributed by atoms with Gasteiger partial charge >= 0.3 is 0 Å². The van der Waals surface area contributed by atoms with Crippen LogP contribution < -0.4 is 14.9 Å². The Hall–Kier alpha value is -3.94. The molecule has 8 heteroatoms. The summed E-state index contributed by atoms with van der Waals surface area (Å²) in [5, 5.41) is 1.14. The van der Waals surface area contributed by atoms with Gasteiger partial charge in [0.05, 0.1) is 18.2 Å². The van der Waals surface area contributed by atoms with Crippen molar-refractivity contribution in [2.24, 2.45) is 0 Å². The molecule has 0 aliphatic heterocycles. The van der Waals surface area contributed by atoms with E-state index in [1.165, 1.54) is 24.4 Å². The van der Waals surface area contributed by atoms with Gasteiger partial charge in [0.2, 0.25) is 5.88 Å². The second kappa shape index (κ2) is 9.47. The molecule has 1 heterocycles. The number of methoxy groups -OCH3 is 1. The lowest BCUT2D eigenvalue weighted by Crippen LogP contribution is -2.56. The molecule has 0 saturated heterocycles. The number of carbonyl (C=O) groups excluding carboxylic acids is 2. The van der Waals surface area contributed by atoms with Crippen molar-refractivity contribution in [2.75, 3.05) is 7.11 Å². The fourth-order valence-electron chi connectivity index (χ4n) is 2.84. The fourth-order valence-corrected chi connectivity index (χ4v) is 2.84. The third-order valence-electron chi connectivity index (χ3n) is 4.48. The average Bonchev–Trinajstić information content (AvgIpc) is 2.77. The Labute approximate surface area is 185 Å². The minimum atomic E-state index is -0.828. The zero-order valence-corrected chi connectivity index (χ0v) is 18.3. The predicted molar refractivity (Wildman–Crippen MR) is 117 cm³/mol. The van der Waals surface area contributed by atoms with E-state index in [0.717, 1.165) is 5.01 Å². The molecule has 0 fully saturated rings. The van der Waals surface area contributed by atoms with Gasteiger partial charge in [-0.15, -0.1) is 0 Å². The van der Waals surface area contributed by atoms with E-state index in [9.17, 15) is 14.0 Å². The van der Waals surface area contributed by atoms with Crippen LogP contribution in [0.5, 0.6) is 17.4 Å². The van der Waals surface area contributed by atoms with Gasteiger partial charge in [0, 0.05) is 6.20 Å². The highest BCUT2D eigenvalue weighted by Crippen LogP contribution is 2.27. The molecule has 7 nitrogen and oxygen atoms in total. The molecule has 0 radical (unpaired) electrons. The van der Waals surface area contributed by atoms with Gasteiger partial charge in [-0.1, -0.05) is 12.1 Å². The van der Waals surface area contributed by atoms with Gasteiger partial charge in [-0.2, -0.15) is 0 Å². The normalized spacial score (nSPS) is 10.9. The molecule has 1 N–H and O–H groups in total. The second-order valence-corrected chi connectivity index (χ2v) is 7.87. The van der Waals surface area contributed by atoms with Gasteiger partial charge in [0.15, 0.2) is 0 Å². The van der Waals surface area contributed by atoms with Crippen molar-refractivity contribution >= 4 is 11.8 Å². The Bertz CT molecular complexity index is 1110. The molecule has 1 aromatic heterocycles. The third-order valence-corrected chi connectivity index (χ3v) is 4.48. The van der Waals surface area contributed by atoms with Crippen LogP contribution in [0.1, 0.15) is 41.5 Å². The number of benzene rings is 2. The van der Waals surface area contributed by atoms with Crippen molar-refractivity contribution in [3.63, 3.8) is 0 Å². The van der Waals surface area contributed by atoms with Crippen LogP contribution in [0.2, 0.25) is 0 Å². The Balaban J connectivity index is 1.90. The number of nitrogens with zero attached hydrogens (tertiary/aromatic N) is 2. The van der Waals surface area contributed by atoms with Gasteiger partial charge in [-0.05, 0) is 69.3 Å². The number of hydrazine groups is 1.